The van der Waals surface area contributed by atoms with Crippen LogP contribution in [0.2, 0.25) is 0 Å². The Hall–Kier alpha value is -1.10. The number of likely N-dealkylation sites (N-methyl/N-ethyl adjacent to an activating group) is 1. The molecular weight excluding hydrogens is 278 g/mol. The molecule has 2 aliphatic rings. The van der Waals surface area contributed by atoms with Crippen molar-refractivity contribution in [1.82, 2.24) is 15.5 Å². The Morgan fingerprint density at radius 2 is 1.68 bits per heavy atom. The second kappa shape index (κ2) is 9.13. The highest BCUT2D eigenvalue weighted by Gasteiger charge is 2.21. The van der Waals surface area contributed by atoms with Crippen molar-refractivity contribution in [2.75, 3.05) is 19.6 Å². The molecule has 1 saturated carbocycles. The number of hydrogen-bond donors (Lipinski definition) is 2. The van der Waals surface area contributed by atoms with Crippen LogP contribution in [0, 0.1) is 0 Å². The van der Waals surface area contributed by atoms with Crippen LogP contribution in [0.15, 0.2) is 0 Å². The maximum Gasteiger partial charge on any atom is 0.220 e. The summed E-state index contributed by atoms with van der Waals surface area (Å²) in [5.74, 6) is 0.0260. The zero-order valence-corrected chi connectivity index (χ0v) is 13.9. The third-order valence-electron chi connectivity index (χ3n) is 4.99. The van der Waals surface area contributed by atoms with Crippen molar-refractivity contribution in [2.24, 2.45) is 0 Å². The molecular formula is C17H31N3O2. The molecule has 0 aromatic heterocycles. The Balaban J connectivity index is 1.59. The molecule has 1 aliphatic carbocycles. The maximum absolute atomic E-state index is 11.9. The van der Waals surface area contributed by atoms with Gasteiger partial charge in [-0.1, -0.05) is 26.2 Å². The number of amides is 2. The molecule has 0 spiro atoms. The van der Waals surface area contributed by atoms with Crippen LogP contribution in [0.25, 0.3) is 0 Å². The van der Waals surface area contributed by atoms with Crippen molar-refractivity contribution in [3.63, 3.8) is 0 Å². The van der Waals surface area contributed by atoms with Gasteiger partial charge >= 0.3 is 0 Å². The van der Waals surface area contributed by atoms with E-state index in [0.29, 0.717) is 24.9 Å². The van der Waals surface area contributed by atoms with E-state index in [1.807, 2.05) is 0 Å². The summed E-state index contributed by atoms with van der Waals surface area (Å²) >= 11 is 0. The molecule has 22 heavy (non-hydrogen) atoms. The molecule has 0 radical (unpaired) electrons. The molecule has 5 heteroatoms. The van der Waals surface area contributed by atoms with Crippen LogP contribution in [0.4, 0.5) is 0 Å². The van der Waals surface area contributed by atoms with Crippen LogP contribution in [0.3, 0.4) is 0 Å². The Bertz CT molecular complexity index is 367. The van der Waals surface area contributed by atoms with Gasteiger partial charge in [0.05, 0.1) is 0 Å². The van der Waals surface area contributed by atoms with Crippen LogP contribution in [-0.2, 0) is 9.59 Å². The first-order valence-electron chi connectivity index (χ1n) is 8.99. The number of carbonyl (C=O) groups excluding carboxylic acids is 2. The smallest absolute Gasteiger partial charge is 0.220 e. The number of nitrogens with one attached hydrogen (secondary N) is 2. The molecule has 1 aliphatic heterocycles. The monoisotopic (exact) mass is 309 g/mol. The van der Waals surface area contributed by atoms with Crippen molar-refractivity contribution >= 4 is 11.8 Å². The maximum atomic E-state index is 11.9. The lowest BCUT2D eigenvalue weighted by Crippen LogP contribution is -2.46. The summed E-state index contributed by atoms with van der Waals surface area (Å²) in [6, 6.07) is 0.811. The number of hydrogen-bond acceptors (Lipinski definition) is 3. The van der Waals surface area contributed by atoms with Gasteiger partial charge in [-0.15, -0.1) is 0 Å². The van der Waals surface area contributed by atoms with E-state index in [1.54, 1.807) is 0 Å². The Morgan fingerprint density at radius 1 is 1.00 bits per heavy atom. The molecule has 0 aromatic carbocycles. The first kappa shape index (κ1) is 17.3. The molecule has 2 N–H and O–H groups in total. The average molecular weight is 309 g/mol. The summed E-state index contributed by atoms with van der Waals surface area (Å²) in [6.07, 6.45) is 8.89. The van der Waals surface area contributed by atoms with Crippen molar-refractivity contribution in [3.8, 4) is 0 Å². The highest BCUT2D eigenvalue weighted by atomic mass is 16.2. The predicted molar refractivity (Wildman–Crippen MR) is 87.5 cm³/mol. The molecule has 1 heterocycles. The van der Waals surface area contributed by atoms with Gasteiger partial charge < -0.3 is 10.6 Å². The lowest BCUT2D eigenvalue weighted by molar-refractivity contribution is -0.127. The van der Waals surface area contributed by atoms with Crippen LogP contribution in [0.1, 0.15) is 64.7 Å². The third-order valence-corrected chi connectivity index (χ3v) is 4.99. The van der Waals surface area contributed by atoms with Crippen molar-refractivity contribution in [2.45, 2.75) is 76.8 Å². The van der Waals surface area contributed by atoms with E-state index in [-0.39, 0.29) is 11.8 Å². The highest BCUT2D eigenvalue weighted by Crippen LogP contribution is 2.18. The molecule has 126 valence electrons. The van der Waals surface area contributed by atoms with Gasteiger partial charge in [0.1, 0.15) is 0 Å². The van der Waals surface area contributed by atoms with E-state index >= 15 is 0 Å². The van der Waals surface area contributed by atoms with Crippen LogP contribution >= 0.6 is 0 Å². The predicted octanol–water partition coefficient (Wildman–Crippen LogP) is 1.82. The summed E-state index contributed by atoms with van der Waals surface area (Å²) in [5, 5.41) is 6.03. The number of piperidine rings is 1. The van der Waals surface area contributed by atoms with Crippen LogP contribution in [0.5, 0.6) is 0 Å². The zero-order chi connectivity index (χ0) is 15.8. The minimum atomic E-state index is 0.00296. The van der Waals surface area contributed by atoms with E-state index in [0.717, 1.165) is 38.9 Å². The average Bonchev–Trinajstić information content (AvgIpc) is 3.04. The van der Waals surface area contributed by atoms with Gasteiger partial charge in [0, 0.05) is 31.5 Å². The molecule has 1 atom stereocenters. The molecule has 2 amide bonds. The fourth-order valence-corrected chi connectivity index (χ4v) is 3.62. The standard InChI is InChI=1S/C17H31N3O2/c1-2-20-12-6-5-9-15(20)13-18-16(21)10-11-17(22)19-14-7-3-4-8-14/h14-15H,2-13H2,1H3,(H,18,21)(H,19,22)/t15-/m0/s1. The normalized spacial score (nSPS) is 23.4. The SMILES string of the molecule is CCN1CCCC[C@H]1CNC(=O)CCC(=O)NC1CCCC1. The van der Waals surface area contributed by atoms with Gasteiger partial charge in [0.2, 0.25) is 11.8 Å². The Kier molecular flexibility index (Phi) is 7.16. The van der Waals surface area contributed by atoms with Gasteiger partial charge in [-0.3, -0.25) is 14.5 Å². The minimum Gasteiger partial charge on any atom is -0.355 e. The number of rotatable bonds is 7. The lowest BCUT2D eigenvalue weighted by atomic mass is 10.0. The summed E-state index contributed by atoms with van der Waals surface area (Å²) in [5.41, 5.74) is 0. The van der Waals surface area contributed by atoms with E-state index in [9.17, 15) is 9.59 Å². The minimum absolute atomic E-state index is 0.00296. The largest absolute Gasteiger partial charge is 0.355 e. The molecule has 2 rings (SSSR count). The van der Waals surface area contributed by atoms with Gasteiger partial charge in [-0.05, 0) is 38.8 Å². The van der Waals surface area contributed by atoms with Crippen LogP contribution < -0.4 is 10.6 Å². The van der Waals surface area contributed by atoms with Gasteiger partial charge in [-0.2, -0.15) is 0 Å². The molecule has 0 unspecified atom stereocenters. The van der Waals surface area contributed by atoms with Gasteiger partial charge in [0.15, 0.2) is 0 Å². The molecule has 1 saturated heterocycles. The lowest BCUT2D eigenvalue weighted by Gasteiger charge is -2.34. The summed E-state index contributed by atoms with van der Waals surface area (Å²) in [4.78, 5) is 26.2. The highest BCUT2D eigenvalue weighted by molar-refractivity contribution is 5.83. The van der Waals surface area contributed by atoms with E-state index in [4.69, 9.17) is 0 Å². The van der Waals surface area contributed by atoms with Crippen molar-refractivity contribution < 1.29 is 9.59 Å². The van der Waals surface area contributed by atoms with Gasteiger partial charge in [0.25, 0.3) is 0 Å². The number of carbonyl (C=O) groups is 2. The number of likely N-dealkylation sites (tertiary alicyclic amines) is 1. The fraction of sp³-hybridized carbons (Fsp3) is 0.882. The number of nitrogens with zero attached hydrogens (tertiary/aromatic N) is 1. The summed E-state index contributed by atoms with van der Waals surface area (Å²) in [6.45, 7) is 5.08. The second-order valence-corrected chi connectivity index (χ2v) is 6.63. The summed E-state index contributed by atoms with van der Waals surface area (Å²) < 4.78 is 0. The Labute approximate surface area is 134 Å². The molecule has 2 fully saturated rings. The molecule has 0 bridgehead atoms. The Morgan fingerprint density at radius 3 is 2.41 bits per heavy atom. The quantitative estimate of drug-likeness (QED) is 0.754. The topological polar surface area (TPSA) is 61.4 Å². The van der Waals surface area contributed by atoms with E-state index in [1.165, 1.54) is 25.7 Å². The zero-order valence-electron chi connectivity index (χ0n) is 13.9. The first-order valence-corrected chi connectivity index (χ1v) is 8.99. The fourth-order valence-electron chi connectivity index (χ4n) is 3.62. The second-order valence-electron chi connectivity index (χ2n) is 6.63. The van der Waals surface area contributed by atoms with E-state index in [2.05, 4.69) is 22.5 Å². The van der Waals surface area contributed by atoms with E-state index < -0.39 is 0 Å². The first-order chi connectivity index (χ1) is 10.7. The third kappa shape index (κ3) is 5.59. The van der Waals surface area contributed by atoms with Crippen molar-refractivity contribution in [1.29, 1.82) is 0 Å². The van der Waals surface area contributed by atoms with Gasteiger partial charge in [-0.25, -0.2) is 0 Å². The molecule has 0 aromatic rings. The van der Waals surface area contributed by atoms with Crippen LogP contribution in [-0.4, -0.2) is 48.4 Å². The van der Waals surface area contributed by atoms with Crippen molar-refractivity contribution in [3.05, 3.63) is 0 Å². The molecule has 5 nitrogen and oxygen atoms in total. The summed E-state index contributed by atoms with van der Waals surface area (Å²) in [7, 11) is 0.